The minimum Gasteiger partial charge on any atom is -0.457 e. The number of ether oxygens (including phenoxy) is 1. The quantitative estimate of drug-likeness (QED) is 0.509. The predicted molar refractivity (Wildman–Crippen MR) is 125 cm³/mol. The summed E-state index contributed by atoms with van der Waals surface area (Å²) in [6.45, 7) is 10.3. The number of fused-ring (bicyclic) bond motifs is 1. The van der Waals surface area contributed by atoms with Gasteiger partial charge in [-0.15, -0.1) is 0 Å². The van der Waals surface area contributed by atoms with Crippen LogP contribution in [-0.2, 0) is 0 Å². The summed E-state index contributed by atoms with van der Waals surface area (Å²) in [6.07, 6.45) is 3.96. The van der Waals surface area contributed by atoms with E-state index in [1.54, 1.807) is 25.4 Å². The van der Waals surface area contributed by atoms with Crippen LogP contribution in [0.25, 0.3) is 11.1 Å². The second-order valence-corrected chi connectivity index (χ2v) is 9.32. The molecule has 3 atom stereocenters. The molecule has 0 bridgehead atoms. The van der Waals surface area contributed by atoms with Gasteiger partial charge in [0.1, 0.15) is 22.7 Å². The lowest BCUT2D eigenvalue weighted by atomic mass is 9.73. The molecule has 1 amide bonds. The Morgan fingerprint density at radius 3 is 2.78 bits per heavy atom. The summed E-state index contributed by atoms with van der Waals surface area (Å²) in [4.78, 5) is 20.4. The second kappa shape index (κ2) is 8.81. The molecule has 0 radical (unpaired) electrons. The van der Waals surface area contributed by atoms with Gasteiger partial charge in [0.05, 0.1) is 0 Å². The van der Waals surface area contributed by atoms with E-state index in [9.17, 15) is 4.79 Å². The lowest BCUT2D eigenvalue weighted by Gasteiger charge is -2.32. The van der Waals surface area contributed by atoms with Crippen LogP contribution < -0.4 is 15.4 Å². The van der Waals surface area contributed by atoms with Crippen molar-refractivity contribution in [2.75, 3.05) is 18.9 Å². The molecular formula is C25H32N4O3. The van der Waals surface area contributed by atoms with Crippen molar-refractivity contribution < 1.29 is 13.9 Å². The number of aromatic nitrogens is 2. The molecule has 2 aromatic heterocycles. The van der Waals surface area contributed by atoms with Crippen LogP contribution in [-0.4, -0.2) is 29.5 Å². The number of hydrogen-bond acceptors (Lipinski definition) is 6. The fourth-order valence-electron chi connectivity index (χ4n) is 5.11. The molecule has 7 heteroatoms. The highest BCUT2D eigenvalue weighted by molar-refractivity contribution is 5.92. The molecule has 170 valence electrons. The van der Waals surface area contributed by atoms with Gasteiger partial charge in [0.2, 0.25) is 0 Å². The van der Waals surface area contributed by atoms with Crippen molar-refractivity contribution >= 4 is 23.0 Å². The first-order valence-electron chi connectivity index (χ1n) is 11.3. The molecule has 7 nitrogen and oxygen atoms in total. The van der Waals surface area contributed by atoms with Crippen LogP contribution in [0.3, 0.4) is 0 Å². The molecule has 1 aliphatic carbocycles. The third-order valence-electron chi connectivity index (χ3n) is 7.19. The monoisotopic (exact) mass is 436 g/mol. The Morgan fingerprint density at radius 2 is 2.03 bits per heavy atom. The fourth-order valence-corrected chi connectivity index (χ4v) is 5.11. The van der Waals surface area contributed by atoms with Crippen LogP contribution in [0, 0.1) is 23.2 Å². The van der Waals surface area contributed by atoms with Crippen molar-refractivity contribution in [3.63, 3.8) is 0 Å². The number of hydrogen-bond donors (Lipinski definition) is 2. The van der Waals surface area contributed by atoms with Gasteiger partial charge in [-0.2, -0.15) is 4.98 Å². The van der Waals surface area contributed by atoms with Crippen molar-refractivity contribution in [2.45, 2.75) is 40.5 Å². The summed E-state index contributed by atoms with van der Waals surface area (Å²) in [5.74, 6) is 2.88. The summed E-state index contributed by atoms with van der Waals surface area (Å²) in [5.41, 5.74) is 2.08. The first-order chi connectivity index (χ1) is 15.3. The van der Waals surface area contributed by atoms with E-state index in [2.05, 4.69) is 48.3 Å². The Kier molecular flexibility index (Phi) is 6.09. The Bertz CT molecular complexity index is 1110. The van der Waals surface area contributed by atoms with Gasteiger partial charge in [0.25, 0.3) is 11.9 Å². The molecule has 1 saturated carbocycles. The number of nitrogens with zero attached hydrogens (tertiary/aromatic N) is 2. The van der Waals surface area contributed by atoms with E-state index >= 15 is 0 Å². The van der Waals surface area contributed by atoms with Crippen LogP contribution in [0.5, 0.6) is 11.5 Å². The van der Waals surface area contributed by atoms with Crippen molar-refractivity contribution in [3.8, 4) is 11.5 Å². The number of oxazole rings is 1. The van der Waals surface area contributed by atoms with Crippen molar-refractivity contribution in [3.05, 3.63) is 42.2 Å². The summed E-state index contributed by atoms with van der Waals surface area (Å²) >= 11 is 0. The average molecular weight is 437 g/mol. The van der Waals surface area contributed by atoms with Crippen LogP contribution in [0.4, 0.5) is 6.01 Å². The molecule has 0 aliphatic heterocycles. The number of carbonyl (C=O) groups excluding carboxylic acids is 1. The summed E-state index contributed by atoms with van der Waals surface area (Å²) < 4.78 is 11.9. The number of pyridine rings is 1. The van der Waals surface area contributed by atoms with E-state index in [1.165, 1.54) is 12.8 Å². The lowest BCUT2D eigenvalue weighted by molar-refractivity contribution is 0.0958. The maximum atomic E-state index is 11.8. The number of nitrogens with one attached hydrogen (secondary N) is 2. The lowest BCUT2D eigenvalue weighted by Crippen LogP contribution is -2.27. The highest BCUT2D eigenvalue weighted by Gasteiger charge is 2.45. The Morgan fingerprint density at radius 1 is 1.25 bits per heavy atom. The van der Waals surface area contributed by atoms with Crippen molar-refractivity contribution in [1.29, 1.82) is 0 Å². The molecule has 2 N–H and O–H groups in total. The topological polar surface area (TPSA) is 89.3 Å². The van der Waals surface area contributed by atoms with Gasteiger partial charge in [0.15, 0.2) is 5.58 Å². The van der Waals surface area contributed by atoms with E-state index in [1.807, 2.05) is 18.2 Å². The number of anilines is 1. The summed E-state index contributed by atoms with van der Waals surface area (Å²) in [5, 5.41) is 5.98. The maximum Gasteiger partial charge on any atom is 0.295 e. The van der Waals surface area contributed by atoms with Gasteiger partial charge in [-0.25, -0.2) is 0 Å². The van der Waals surface area contributed by atoms with E-state index in [0.717, 1.165) is 12.1 Å². The van der Waals surface area contributed by atoms with Crippen molar-refractivity contribution in [1.82, 2.24) is 15.3 Å². The van der Waals surface area contributed by atoms with E-state index < -0.39 is 0 Å². The van der Waals surface area contributed by atoms with Gasteiger partial charge in [-0.05, 0) is 47.8 Å². The third-order valence-corrected chi connectivity index (χ3v) is 7.19. The Labute approximate surface area is 189 Å². The van der Waals surface area contributed by atoms with E-state index in [-0.39, 0.29) is 5.91 Å². The Hall–Kier alpha value is -3.09. The molecule has 3 aromatic rings. The third kappa shape index (κ3) is 4.29. The van der Waals surface area contributed by atoms with Crippen LogP contribution in [0.15, 0.2) is 40.9 Å². The van der Waals surface area contributed by atoms with Crippen LogP contribution in [0.1, 0.15) is 51.0 Å². The molecule has 32 heavy (non-hydrogen) atoms. The molecule has 0 unspecified atom stereocenters. The highest BCUT2D eigenvalue weighted by Crippen LogP contribution is 2.51. The average Bonchev–Trinajstić information content (AvgIpc) is 3.28. The highest BCUT2D eigenvalue weighted by atomic mass is 16.5. The molecular weight excluding hydrogens is 404 g/mol. The summed E-state index contributed by atoms with van der Waals surface area (Å²) in [7, 11) is 1.57. The van der Waals surface area contributed by atoms with E-state index in [4.69, 9.17) is 9.15 Å². The van der Waals surface area contributed by atoms with Crippen molar-refractivity contribution in [2.24, 2.45) is 23.2 Å². The van der Waals surface area contributed by atoms with Gasteiger partial charge >= 0.3 is 0 Å². The standard InChI is InChI=1S/C25H32N4O3/c1-6-19-16(11-15(2)25(19,3)4)14-28-24-29-20-8-7-17(13-22(20)32-24)31-18-9-10-27-21(12-18)23(30)26-5/h7-10,12-13,15-16,19H,6,11,14H2,1-5H3,(H,26,30)(H,28,29)/t15-,16+,19+/m1/s1. The van der Waals surface area contributed by atoms with Gasteiger partial charge in [-0.1, -0.05) is 34.1 Å². The molecule has 2 heterocycles. The van der Waals surface area contributed by atoms with Gasteiger partial charge in [0, 0.05) is 31.9 Å². The number of carbonyl (C=O) groups is 1. The number of amides is 1. The minimum atomic E-state index is -0.262. The Balaban J connectivity index is 1.45. The largest absolute Gasteiger partial charge is 0.457 e. The van der Waals surface area contributed by atoms with Gasteiger partial charge < -0.3 is 19.8 Å². The SMILES string of the molecule is CC[C@H]1[C@H](CNc2nc3ccc(Oc4ccnc(C(=O)NC)c4)cc3o2)C[C@@H](C)C1(C)C. The number of rotatable bonds is 7. The molecule has 4 rings (SSSR count). The molecule has 1 aliphatic rings. The smallest absolute Gasteiger partial charge is 0.295 e. The first-order valence-corrected chi connectivity index (χ1v) is 11.3. The normalized spacial score (nSPS) is 22.1. The first kappa shape index (κ1) is 22.1. The molecule has 0 saturated heterocycles. The van der Waals surface area contributed by atoms with Gasteiger partial charge in [-0.3, -0.25) is 9.78 Å². The summed E-state index contributed by atoms with van der Waals surface area (Å²) in [6, 6.07) is 9.36. The van der Waals surface area contributed by atoms with Crippen LogP contribution >= 0.6 is 0 Å². The number of benzene rings is 1. The van der Waals surface area contributed by atoms with E-state index in [0.29, 0.717) is 52.0 Å². The maximum absolute atomic E-state index is 11.8. The molecule has 0 spiro atoms. The molecule has 1 fully saturated rings. The zero-order valence-electron chi connectivity index (χ0n) is 19.4. The zero-order valence-corrected chi connectivity index (χ0v) is 19.4. The fraction of sp³-hybridized carbons (Fsp3) is 0.480. The zero-order chi connectivity index (χ0) is 22.9. The predicted octanol–water partition coefficient (Wildman–Crippen LogP) is 5.50. The van der Waals surface area contributed by atoms with Crippen LogP contribution in [0.2, 0.25) is 0 Å². The molecule has 1 aromatic carbocycles. The second-order valence-electron chi connectivity index (χ2n) is 9.32. The minimum absolute atomic E-state index is 0.262.